The second kappa shape index (κ2) is 5.75. The molecule has 0 aliphatic heterocycles. The summed E-state index contributed by atoms with van der Waals surface area (Å²) >= 11 is 0. The molecule has 0 radical (unpaired) electrons. The van der Waals surface area contributed by atoms with Crippen molar-refractivity contribution in [2.75, 3.05) is 5.73 Å². The molecular weight excluding hydrogens is 226 g/mol. The highest BCUT2D eigenvalue weighted by Gasteiger charge is 2.16. The number of nitrogens with two attached hydrogens (primary N) is 1. The van der Waals surface area contributed by atoms with Crippen molar-refractivity contribution in [2.24, 2.45) is 0 Å². The van der Waals surface area contributed by atoms with Gasteiger partial charge in [0.15, 0.2) is 0 Å². The van der Waals surface area contributed by atoms with Crippen molar-refractivity contribution in [3.05, 3.63) is 29.8 Å². The van der Waals surface area contributed by atoms with Gasteiger partial charge in [0, 0.05) is 5.69 Å². The maximum atomic E-state index is 11.5. The lowest BCUT2D eigenvalue weighted by molar-refractivity contribution is -0.153. The zero-order valence-electron chi connectivity index (χ0n) is 9.82. The Balaban J connectivity index is 0.00000225. The van der Waals surface area contributed by atoms with E-state index in [0.29, 0.717) is 5.69 Å². The van der Waals surface area contributed by atoms with Gasteiger partial charge in [0.25, 0.3) is 0 Å². The normalized spacial score (nSPS) is 10.4. The molecule has 0 saturated carbocycles. The molecule has 0 aromatic heterocycles. The molecule has 0 aliphatic rings. The summed E-state index contributed by atoms with van der Waals surface area (Å²) in [5.41, 5.74) is 6.73. The van der Waals surface area contributed by atoms with Crippen LogP contribution in [0.25, 0.3) is 0 Å². The van der Waals surface area contributed by atoms with Crippen LogP contribution in [0.15, 0.2) is 24.3 Å². The van der Waals surface area contributed by atoms with Crippen LogP contribution in [-0.4, -0.2) is 11.6 Å². The first-order valence-electron chi connectivity index (χ1n) is 4.93. The number of rotatable bonds is 2. The van der Waals surface area contributed by atoms with Gasteiger partial charge in [-0.05, 0) is 38.5 Å². The topological polar surface area (TPSA) is 52.3 Å². The minimum Gasteiger partial charge on any atom is -0.460 e. The standard InChI is InChI=1S/C12H17NO2.ClH/c1-12(2,3)15-11(14)8-9-4-6-10(13)7-5-9;/h4-7H,8,13H2,1-3H3;1H. The molecule has 3 nitrogen and oxygen atoms in total. The van der Waals surface area contributed by atoms with Crippen LogP contribution in [-0.2, 0) is 16.0 Å². The second-order valence-electron chi connectivity index (χ2n) is 4.50. The molecule has 1 rings (SSSR count). The van der Waals surface area contributed by atoms with E-state index in [9.17, 15) is 4.79 Å². The number of hydrogen-bond acceptors (Lipinski definition) is 3. The molecule has 0 heterocycles. The maximum Gasteiger partial charge on any atom is 0.310 e. The monoisotopic (exact) mass is 243 g/mol. The van der Waals surface area contributed by atoms with Crippen molar-refractivity contribution in [3.63, 3.8) is 0 Å². The Morgan fingerprint density at radius 3 is 2.19 bits per heavy atom. The molecule has 0 unspecified atom stereocenters. The van der Waals surface area contributed by atoms with Crippen LogP contribution in [0.5, 0.6) is 0 Å². The summed E-state index contributed by atoms with van der Waals surface area (Å²) < 4.78 is 5.20. The Kier molecular flexibility index (Phi) is 5.31. The number of benzene rings is 1. The molecule has 1 aromatic carbocycles. The highest BCUT2D eigenvalue weighted by atomic mass is 35.5. The zero-order chi connectivity index (χ0) is 11.5. The first-order valence-corrected chi connectivity index (χ1v) is 4.93. The van der Waals surface area contributed by atoms with Crippen molar-refractivity contribution >= 4 is 24.1 Å². The smallest absolute Gasteiger partial charge is 0.310 e. The molecule has 1 aromatic rings. The van der Waals surface area contributed by atoms with Gasteiger partial charge in [0.05, 0.1) is 6.42 Å². The number of carbonyl (C=O) groups excluding carboxylic acids is 1. The minimum absolute atomic E-state index is 0. The molecule has 0 saturated heterocycles. The molecule has 0 fully saturated rings. The molecule has 16 heavy (non-hydrogen) atoms. The molecular formula is C12H18ClNO2. The van der Waals surface area contributed by atoms with Gasteiger partial charge >= 0.3 is 5.97 Å². The number of halogens is 1. The van der Waals surface area contributed by atoms with Gasteiger partial charge in [-0.25, -0.2) is 0 Å². The van der Waals surface area contributed by atoms with Crippen molar-refractivity contribution in [3.8, 4) is 0 Å². The average molecular weight is 244 g/mol. The highest BCUT2D eigenvalue weighted by molar-refractivity contribution is 5.85. The Labute approximate surface area is 102 Å². The predicted octanol–water partition coefficient (Wildman–Crippen LogP) is 2.57. The summed E-state index contributed by atoms with van der Waals surface area (Å²) in [6.45, 7) is 5.57. The van der Waals surface area contributed by atoms with E-state index in [0.717, 1.165) is 5.56 Å². The molecule has 4 heteroatoms. The molecule has 0 atom stereocenters. The Morgan fingerprint density at radius 2 is 1.75 bits per heavy atom. The van der Waals surface area contributed by atoms with E-state index in [2.05, 4.69) is 0 Å². The quantitative estimate of drug-likeness (QED) is 0.642. The molecule has 90 valence electrons. The first-order chi connectivity index (χ1) is 6.87. The Morgan fingerprint density at radius 1 is 1.25 bits per heavy atom. The molecule has 0 aliphatic carbocycles. The number of ether oxygens (including phenoxy) is 1. The fourth-order valence-corrected chi connectivity index (χ4v) is 1.18. The third-order valence-corrected chi connectivity index (χ3v) is 1.75. The number of hydrogen-bond donors (Lipinski definition) is 1. The first kappa shape index (κ1) is 14.8. The van der Waals surface area contributed by atoms with Crippen LogP contribution in [0, 0.1) is 0 Å². The largest absolute Gasteiger partial charge is 0.460 e. The van der Waals surface area contributed by atoms with Crippen molar-refractivity contribution in [1.82, 2.24) is 0 Å². The van der Waals surface area contributed by atoms with Crippen LogP contribution in [0.2, 0.25) is 0 Å². The summed E-state index contributed by atoms with van der Waals surface area (Å²) in [5, 5.41) is 0. The van der Waals surface area contributed by atoms with E-state index in [1.165, 1.54) is 0 Å². The van der Waals surface area contributed by atoms with E-state index >= 15 is 0 Å². The fraction of sp³-hybridized carbons (Fsp3) is 0.417. The highest BCUT2D eigenvalue weighted by Crippen LogP contribution is 2.11. The van der Waals surface area contributed by atoms with Crippen molar-refractivity contribution < 1.29 is 9.53 Å². The summed E-state index contributed by atoms with van der Waals surface area (Å²) in [7, 11) is 0. The fourth-order valence-electron chi connectivity index (χ4n) is 1.18. The van der Waals surface area contributed by atoms with E-state index in [-0.39, 0.29) is 24.8 Å². The predicted molar refractivity (Wildman–Crippen MR) is 67.7 cm³/mol. The number of anilines is 1. The van der Waals surface area contributed by atoms with E-state index < -0.39 is 5.60 Å². The van der Waals surface area contributed by atoms with Gasteiger partial charge < -0.3 is 10.5 Å². The van der Waals surface area contributed by atoms with Gasteiger partial charge in [0.1, 0.15) is 5.60 Å². The van der Waals surface area contributed by atoms with E-state index in [4.69, 9.17) is 10.5 Å². The lowest BCUT2D eigenvalue weighted by atomic mass is 10.1. The van der Waals surface area contributed by atoms with Gasteiger partial charge in [-0.3, -0.25) is 4.79 Å². The van der Waals surface area contributed by atoms with E-state index in [1.54, 1.807) is 12.1 Å². The number of esters is 1. The van der Waals surface area contributed by atoms with Gasteiger partial charge in [-0.15, -0.1) is 12.4 Å². The van der Waals surface area contributed by atoms with Crippen LogP contribution in [0.3, 0.4) is 0 Å². The van der Waals surface area contributed by atoms with Crippen LogP contribution >= 0.6 is 12.4 Å². The average Bonchev–Trinajstić information content (AvgIpc) is 2.05. The minimum atomic E-state index is -0.426. The lowest BCUT2D eigenvalue weighted by Gasteiger charge is -2.19. The zero-order valence-corrected chi connectivity index (χ0v) is 10.6. The van der Waals surface area contributed by atoms with Gasteiger partial charge in [-0.1, -0.05) is 12.1 Å². The number of nitrogen functional groups attached to an aromatic ring is 1. The Hall–Kier alpha value is -1.22. The van der Waals surface area contributed by atoms with Gasteiger partial charge in [-0.2, -0.15) is 0 Å². The van der Waals surface area contributed by atoms with Crippen LogP contribution in [0.1, 0.15) is 26.3 Å². The van der Waals surface area contributed by atoms with Crippen molar-refractivity contribution in [1.29, 1.82) is 0 Å². The maximum absolute atomic E-state index is 11.5. The summed E-state index contributed by atoms with van der Waals surface area (Å²) in [6.07, 6.45) is 0.289. The molecule has 0 bridgehead atoms. The molecule has 2 N–H and O–H groups in total. The molecule has 0 spiro atoms. The summed E-state index contributed by atoms with van der Waals surface area (Å²) in [6, 6.07) is 7.22. The van der Waals surface area contributed by atoms with Crippen LogP contribution in [0.4, 0.5) is 5.69 Å². The van der Waals surface area contributed by atoms with E-state index in [1.807, 2.05) is 32.9 Å². The molecule has 0 amide bonds. The van der Waals surface area contributed by atoms with Crippen LogP contribution < -0.4 is 5.73 Å². The Bertz CT molecular complexity index is 341. The third-order valence-electron chi connectivity index (χ3n) is 1.75. The third kappa shape index (κ3) is 5.61. The summed E-state index contributed by atoms with van der Waals surface area (Å²) in [4.78, 5) is 11.5. The van der Waals surface area contributed by atoms with Gasteiger partial charge in [0.2, 0.25) is 0 Å². The lowest BCUT2D eigenvalue weighted by Crippen LogP contribution is -2.24. The number of carbonyl (C=O) groups is 1. The summed E-state index contributed by atoms with van der Waals surface area (Å²) in [5.74, 6) is -0.215. The SMILES string of the molecule is CC(C)(C)OC(=O)Cc1ccc(N)cc1.Cl. The second-order valence-corrected chi connectivity index (χ2v) is 4.50. The van der Waals surface area contributed by atoms with Crippen molar-refractivity contribution in [2.45, 2.75) is 32.8 Å².